The highest BCUT2D eigenvalue weighted by atomic mass is 35.5. The van der Waals surface area contributed by atoms with Crippen molar-refractivity contribution < 1.29 is 14.3 Å². The second-order valence-electron chi connectivity index (χ2n) is 4.87. The summed E-state index contributed by atoms with van der Waals surface area (Å²) in [5.74, 6) is -0.901. The summed E-state index contributed by atoms with van der Waals surface area (Å²) in [6.07, 6.45) is 4.65. The Labute approximate surface area is 140 Å². The zero-order valence-corrected chi connectivity index (χ0v) is 14.1. The molecule has 0 radical (unpaired) electrons. The van der Waals surface area contributed by atoms with Crippen LogP contribution < -0.4 is 5.32 Å². The van der Waals surface area contributed by atoms with Crippen molar-refractivity contribution in [3.05, 3.63) is 39.9 Å². The Balaban J connectivity index is 2.41. The highest BCUT2D eigenvalue weighted by Gasteiger charge is 2.08. The predicted molar refractivity (Wildman–Crippen MR) is 89.0 cm³/mol. The molecule has 0 saturated heterocycles. The maximum absolute atomic E-state index is 11.5. The van der Waals surface area contributed by atoms with Gasteiger partial charge in [-0.25, -0.2) is 4.79 Å². The van der Waals surface area contributed by atoms with Crippen molar-refractivity contribution in [3.63, 3.8) is 0 Å². The molecule has 0 aromatic heterocycles. The molecule has 1 atom stereocenters. The number of rotatable bonds is 7. The van der Waals surface area contributed by atoms with Crippen molar-refractivity contribution in [2.45, 2.75) is 32.7 Å². The van der Waals surface area contributed by atoms with Gasteiger partial charge < -0.3 is 10.1 Å². The van der Waals surface area contributed by atoms with Gasteiger partial charge in [-0.2, -0.15) is 0 Å². The third-order valence-electron chi connectivity index (χ3n) is 2.83. The fraction of sp³-hybridized carbons (Fsp3) is 0.375. The van der Waals surface area contributed by atoms with Gasteiger partial charge in [0.25, 0.3) is 5.91 Å². The van der Waals surface area contributed by atoms with E-state index in [0.717, 1.165) is 12.8 Å². The second kappa shape index (κ2) is 9.49. The number of hydrogen-bond donors (Lipinski definition) is 1. The molecule has 6 heteroatoms. The van der Waals surface area contributed by atoms with Gasteiger partial charge in [0.05, 0.1) is 10.0 Å². The summed E-state index contributed by atoms with van der Waals surface area (Å²) in [5.41, 5.74) is 0.715. The summed E-state index contributed by atoms with van der Waals surface area (Å²) in [6.45, 7) is 3.66. The maximum atomic E-state index is 11.5. The van der Waals surface area contributed by atoms with Gasteiger partial charge in [0.1, 0.15) is 0 Å². The smallest absolute Gasteiger partial charge is 0.331 e. The van der Waals surface area contributed by atoms with E-state index in [2.05, 4.69) is 5.32 Å². The molecule has 0 bridgehead atoms. The number of benzene rings is 1. The van der Waals surface area contributed by atoms with Gasteiger partial charge in [0.15, 0.2) is 6.61 Å². The van der Waals surface area contributed by atoms with Crippen LogP contribution in [0.1, 0.15) is 32.3 Å². The standard InChI is InChI=1S/C16H19Cl2NO3/c1-3-4-11(2)19-15(20)10-22-16(21)8-6-12-5-7-13(17)14(18)9-12/h5-9,11H,3-4,10H2,1-2H3,(H,19,20)/b8-6+/t11-/m0/s1. The Hall–Kier alpha value is -1.52. The maximum Gasteiger partial charge on any atom is 0.331 e. The molecule has 0 aliphatic heterocycles. The first-order valence-corrected chi connectivity index (χ1v) is 7.77. The van der Waals surface area contributed by atoms with E-state index in [0.29, 0.717) is 15.6 Å². The van der Waals surface area contributed by atoms with E-state index in [-0.39, 0.29) is 18.6 Å². The highest BCUT2D eigenvalue weighted by molar-refractivity contribution is 6.42. The minimum absolute atomic E-state index is 0.0722. The van der Waals surface area contributed by atoms with E-state index < -0.39 is 5.97 Å². The van der Waals surface area contributed by atoms with Crippen LogP contribution in [0.25, 0.3) is 6.08 Å². The topological polar surface area (TPSA) is 55.4 Å². The van der Waals surface area contributed by atoms with Crippen LogP contribution in [0.5, 0.6) is 0 Å². The Morgan fingerprint density at radius 1 is 1.32 bits per heavy atom. The molecular weight excluding hydrogens is 325 g/mol. The van der Waals surface area contributed by atoms with Gasteiger partial charge in [0, 0.05) is 12.1 Å². The van der Waals surface area contributed by atoms with E-state index >= 15 is 0 Å². The van der Waals surface area contributed by atoms with Gasteiger partial charge >= 0.3 is 5.97 Å². The number of esters is 1. The van der Waals surface area contributed by atoms with Crippen molar-refractivity contribution in [3.8, 4) is 0 Å². The Morgan fingerprint density at radius 2 is 2.05 bits per heavy atom. The summed E-state index contributed by atoms with van der Waals surface area (Å²) in [6, 6.07) is 5.06. The highest BCUT2D eigenvalue weighted by Crippen LogP contribution is 2.23. The molecule has 0 aliphatic rings. The van der Waals surface area contributed by atoms with Crippen molar-refractivity contribution >= 4 is 41.2 Å². The minimum Gasteiger partial charge on any atom is -0.452 e. The molecule has 0 saturated carbocycles. The quantitative estimate of drug-likeness (QED) is 0.604. The van der Waals surface area contributed by atoms with Crippen LogP contribution >= 0.6 is 23.2 Å². The van der Waals surface area contributed by atoms with Crippen LogP contribution in [-0.4, -0.2) is 24.5 Å². The first-order chi connectivity index (χ1) is 10.4. The minimum atomic E-state index is -0.593. The monoisotopic (exact) mass is 343 g/mol. The Kier molecular flexibility index (Phi) is 7.99. The predicted octanol–water partition coefficient (Wildman–Crippen LogP) is 3.85. The molecule has 0 unspecified atom stereocenters. The average Bonchev–Trinajstić information content (AvgIpc) is 2.46. The SMILES string of the molecule is CCC[C@H](C)NC(=O)COC(=O)/C=C/c1ccc(Cl)c(Cl)c1. The van der Waals surface area contributed by atoms with Crippen LogP contribution in [0, 0.1) is 0 Å². The molecule has 120 valence electrons. The number of halogens is 2. The lowest BCUT2D eigenvalue weighted by Crippen LogP contribution is -2.35. The fourth-order valence-electron chi connectivity index (χ4n) is 1.79. The average molecular weight is 344 g/mol. The van der Waals surface area contributed by atoms with Crippen LogP contribution in [0.3, 0.4) is 0 Å². The third kappa shape index (κ3) is 6.96. The van der Waals surface area contributed by atoms with E-state index in [1.165, 1.54) is 6.08 Å². The Morgan fingerprint density at radius 3 is 2.68 bits per heavy atom. The lowest BCUT2D eigenvalue weighted by Gasteiger charge is -2.12. The van der Waals surface area contributed by atoms with E-state index in [1.807, 2.05) is 13.8 Å². The van der Waals surface area contributed by atoms with Gasteiger partial charge in [0.2, 0.25) is 0 Å². The zero-order valence-electron chi connectivity index (χ0n) is 12.6. The molecule has 0 aliphatic carbocycles. The summed E-state index contributed by atoms with van der Waals surface area (Å²) in [7, 11) is 0. The fourth-order valence-corrected chi connectivity index (χ4v) is 2.09. The summed E-state index contributed by atoms with van der Waals surface area (Å²) < 4.78 is 4.86. The molecule has 1 aromatic rings. The van der Waals surface area contributed by atoms with E-state index in [4.69, 9.17) is 27.9 Å². The van der Waals surface area contributed by atoms with Gasteiger partial charge in [-0.3, -0.25) is 4.79 Å². The van der Waals surface area contributed by atoms with Crippen LogP contribution in [0.15, 0.2) is 24.3 Å². The molecule has 1 N–H and O–H groups in total. The third-order valence-corrected chi connectivity index (χ3v) is 3.57. The van der Waals surface area contributed by atoms with E-state index in [1.54, 1.807) is 24.3 Å². The van der Waals surface area contributed by atoms with Gasteiger partial charge in [-0.05, 0) is 37.1 Å². The number of hydrogen-bond acceptors (Lipinski definition) is 3. The number of carbonyl (C=O) groups excluding carboxylic acids is 2. The second-order valence-corrected chi connectivity index (χ2v) is 5.69. The molecule has 0 fully saturated rings. The first-order valence-electron chi connectivity index (χ1n) is 7.01. The lowest BCUT2D eigenvalue weighted by atomic mass is 10.2. The lowest BCUT2D eigenvalue weighted by molar-refractivity contribution is -0.144. The van der Waals surface area contributed by atoms with Crippen LogP contribution in [0.4, 0.5) is 0 Å². The molecule has 1 rings (SSSR count). The normalized spacial score (nSPS) is 12.2. The molecule has 4 nitrogen and oxygen atoms in total. The molecule has 1 aromatic carbocycles. The number of amides is 1. The van der Waals surface area contributed by atoms with Crippen LogP contribution in [0.2, 0.25) is 10.0 Å². The summed E-state index contributed by atoms with van der Waals surface area (Å²) in [4.78, 5) is 23.1. The summed E-state index contributed by atoms with van der Waals surface area (Å²) in [5, 5.41) is 3.60. The summed E-state index contributed by atoms with van der Waals surface area (Å²) >= 11 is 11.7. The van der Waals surface area contributed by atoms with Crippen molar-refractivity contribution in [1.82, 2.24) is 5.32 Å². The first kappa shape index (κ1) is 18.5. The van der Waals surface area contributed by atoms with E-state index in [9.17, 15) is 9.59 Å². The largest absolute Gasteiger partial charge is 0.452 e. The van der Waals surface area contributed by atoms with Gasteiger partial charge in [-0.15, -0.1) is 0 Å². The van der Waals surface area contributed by atoms with Crippen LogP contribution in [-0.2, 0) is 14.3 Å². The molecule has 22 heavy (non-hydrogen) atoms. The zero-order chi connectivity index (χ0) is 16.5. The van der Waals surface area contributed by atoms with Crippen molar-refractivity contribution in [2.75, 3.05) is 6.61 Å². The molecule has 0 spiro atoms. The number of nitrogens with one attached hydrogen (secondary N) is 1. The molecule has 1 amide bonds. The Bertz CT molecular complexity index is 558. The molecule has 0 heterocycles. The number of ether oxygens (including phenoxy) is 1. The molecular formula is C16H19Cl2NO3. The van der Waals surface area contributed by atoms with Gasteiger partial charge in [-0.1, -0.05) is 42.6 Å². The number of carbonyl (C=O) groups is 2. The van der Waals surface area contributed by atoms with Crippen molar-refractivity contribution in [1.29, 1.82) is 0 Å². The van der Waals surface area contributed by atoms with Crippen molar-refractivity contribution in [2.24, 2.45) is 0 Å².